The predicted molar refractivity (Wildman–Crippen MR) is 164 cm³/mol. The number of fused-ring (bicyclic) bond motifs is 2. The molecule has 0 radical (unpaired) electrons. The number of carbonyl (C=O) groups excluding carboxylic acids is 2. The third kappa shape index (κ3) is 5.99. The minimum absolute atomic E-state index is 0.0510. The Bertz CT molecular complexity index is 1750. The summed E-state index contributed by atoms with van der Waals surface area (Å²) in [4.78, 5) is 29.7. The average molecular weight is 595 g/mol. The molecule has 220 valence electrons. The van der Waals surface area contributed by atoms with Crippen LogP contribution in [0.5, 0.6) is 0 Å². The smallest absolute Gasteiger partial charge is 0.245 e. The molecule has 1 N–H and O–H groups in total. The summed E-state index contributed by atoms with van der Waals surface area (Å²) in [7, 11) is -4.05. The lowest BCUT2D eigenvalue weighted by Crippen LogP contribution is -2.58. The number of benzene rings is 3. The number of rotatable bonds is 7. The highest BCUT2D eigenvalue weighted by atomic mass is 32.2. The van der Waals surface area contributed by atoms with E-state index in [0.717, 1.165) is 41.2 Å². The lowest BCUT2D eigenvalue weighted by molar-refractivity contribution is -0.136. The summed E-state index contributed by atoms with van der Waals surface area (Å²) in [5.41, 5.74) is 2.30. The lowest BCUT2D eigenvalue weighted by atomic mass is 9.82. The monoisotopic (exact) mass is 594 g/mol. The molecule has 3 aromatic rings. The molecule has 43 heavy (non-hydrogen) atoms. The molecule has 2 fully saturated rings. The van der Waals surface area contributed by atoms with Crippen molar-refractivity contribution in [2.75, 3.05) is 19.6 Å². The molecule has 2 saturated heterocycles. The Labute approximate surface area is 252 Å². The van der Waals surface area contributed by atoms with Gasteiger partial charge in [0.2, 0.25) is 21.8 Å². The van der Waals surface area contributed by atoms with Gasteiger partial charge in [0.15, 0.2) is 0 Å². The van der Waals surface area contributed by atoms with Crippen LogP contribution in [-0.2, 0) is 26.0 Å². The Morgan fingerprint density at radius 2 is 1.74 bits per heavy atom. The van der Waals surface area contributed by atoms with Gasteiger partial charge >= 0.3 is 0 Å². The highest BCUT2D eigenvalue weighted by molar-refractivity contribution is 7.89. The molecule has 3 unspecified atom stereocenters. The molecule has 0 spiro atoms. The van der Waals surface area contributed by atoms with E-state index in [-0.39, 0.29) is 29.7 Å². The van der Waals surface area contributed by atoms with E-state index in [2.05, 4.69) is 11.4 Å². The van der Waals surface area contributed by atoms with Crippen molar-refractivity contribution in [1.29, 1.82) is 5.26 Å². The summed E-state index contributed by atoms with van der Waals surface area (Å²) in [6, 6.07) is 19.8. The highest BCUT2D eigenvalue weighted by Crippen LogP contribution is 2.36. The Morgan fingerprint density at radius 3 is 2.49 bits per heavy atom. The number of hydrogen-bond donors (Lipinski definition) is 1. The summed E-state index contributed by atoms with van der Waals surface area (Å²) in [5.74, 6) is -0.588. The van der Waals surface area contributed by atoms with E-state index in [1.807, 2.05) is 42.5 Å². The van der Waals surface area contributed by atoms with Gasteiger partial charge in [-0.15, -0.1) is 0 Å². The quantitative estimate of drug-likeness (QED) is 0.438. The zero-order valence-electron chi connectivity index (χ0n) is 23.9. The van der Waals surface area contributed by atoms with Crippen LogP contribution in [0.15, 0.2) is 95.4 Å². The SMILES string of the molecule is N#Cc1ccc(CC(NC(=O)C2CC3CC=CC=C3CN2S(=O)(=O)c2ccc3ccccc3c2)C(=O)N2CCCC2)cc1. The first-order chi connectivity index (χ1) is 20.8. The number of amides is 2. The Balaban J connectivity index is 1.32. The van der Waals surface area contributed by atoms with Crippen LogP contribution in [-0.4, -0.2) is 61.2 Å². The van der Waals surface area contributed by atoms with Gasteiger partial charge in [-0.3, -0.25) is 9.59 Å². The topological polar surface area (TPSA) is 111 Å². The Hall–Kier alpha value is -4.26. The molecule has 0 bridgehead atoms. The fourth-order valence-electron chi connectivity index (χ4n) is 6.36. The number of nitrogens with one attached hydrogen (secondary N) is 1. The van der Waals surface area contributed by atoms with E-state index in [1.54, 1.807) is 47.4 Å². The maximum absolute atomic E-state index is 14.2. The summed E-state index contributed by atoms with van der Waals surface area (Å²) >= 11 is 0. The normalized spacial score (nSPS) is 21.1. The molecule has 3 aliphatic rings. The molecule has 2 heterocycles. The maximum Gasteiger partial charge on any atom is 0.245 e. The molecule has 1 aliphatic carbocycles. The van der Waals surface area contributed by atoms with Crippen LogP contribution in [0.3, 0.4) is 0 Å². The first-order valence-electron chi connectivity index (χ1n) is 14.8. The number of carbonyl (C=O) groups is 2. The molecule has 3 aromatic carbocycles. The molecule has 0 aromatic heterocycles. The number of nitriles is 1. The van der Waals surface area contributed by atoms with Gasteiger partial charge in [-0.25, -0.2) is 8.42 Å². The molecular weight excluding hydrogens is 560 g/mol. The van der Waals surface area contributed by atoms with E-state index in [9.17, 15) is 23.3 Å². The van der Waals surface area contributed by atoms with Crippen molar-refractivity contribution < 1.29 is 18.0 Å². The van der Waals surface area contributed by atoms with E-state index < -0.39 is 28.0 Å². The van der Waals surface area contributed by atoms with Crippen molar-refractivity contribution in [2.24, 2.45) is 5.92 Å². The number of allylic oxidation sites excluding steroid dienone is 3. The van der Waals surface area contributed by atoms with Gasteiger partial charge in [0.25, 0.3) is 0 Å². The van der Waals surface area contributed by atoms with Crippen molar-refractivity contribution in [3.63, 3.8) is 0 Å². The van der Waals surface area contributed by atoms with Gasteiger partial charge in [0.05, 0.1) is 16.5 Å². The minimum Gasteiger partial charge on any atom is -0.343 e. The number of hydrogen-bond acceptors (Lipinski definition) is 5. The van der Waals surface area contributed by atoms with E-state index in [4.69, 9.17) is 0 Å². The lowest BCUT2D eigenvalue weighted by Gasteiger charge is -2.40. The summed E-state index contributed by atoms with van der Waals surface area (Å²) in [6.07, 6.45) is 9.07. The van der Waals surface area contributed by atoms with Gasteiger partial charge in [0.1, 0.15) is 12.1 Å². The Kier molecular flexibility index (Phi) is 8.15. The van der Waals surface area contributed by atoms with E-state index >= 15 is 0 Å². The molecule has 6 rings (SSSR count). The number of nitrogens with zero attached hydrogens (tertiary/aromatic N) is 3. The van der Waals surface area contributed by atoms with Crippen molar-refractivity contribution in [1.82, 2.24) is 14.5 Å². The average Bonchev–Trinajstić information content (AvgIpc) is 3.59. The van der Waals surface area contributed by atoms with Crippen LogP contribution >= 0.6 is 0 Å². The summed E-state index contributed by atoms with van der Waals surface area (Å²) in [5, 5.41) is 13.9. The van der Waals surface area contributed by atoms with Crippen LogP contribution in [0.2, 0.25) is 0 Å². The molecule has 9 heteroatoms. The number of likely N-dealkylation sites (tertiary alicyclic amines) is 1. The van der Waals surface area contributed by atoms with Gasteiger partial charge in [-0.2, -0.15) is 9.57 Å². The Morgan fingerprint density at radius 1 is 1.00 bits per heavy atom. The van der Waals surface area contributed by atoms with Crippen molar-refractivity contribution in [3.05, 3.63) is 102 Å². The molecule has 8 nitrogen and oxygen atoms in total. The maximum atomic E-state index is 14.2. The van der Waals surface area contributed by atoms with Gasteiger partial charge in [-0.05, 0) is 72.2 Å². The number of sulfonamides is 1. The van der Waals surface area contributed by atoms with Crippen LogP contribution in [0, 0.1) is 17.2 Å². The fraction of sp³-hybridized carbons (Fsp3) is 0.324. The van der Waals surface area contributed by atoms with E-state index in [0.29, 0.717) is 25.1 Å². The summed E-state index contributed by atoms with van der Waals surface area (Å²) in [6.45, 7) is 1.38. The zero-order valence-corrected chi connectivity index (χ0v) is 24.7. The largest absolute Gasteiger partial charge is 0.343 e. The second kappa shape index (κ2) is 12.2. The highest BCUT2D eigenvalue weighted by Gasteiger charge is 2.43. The first-order valence-corrected chi connectivity index (χ1v) is 16.2. The zero-order chi connectivity index (χ0) is 30.0. The van der Waals surface area contributed by atoms with Gasteiger partial charge in [-0.1, -0.05) is 66.3 Å². The van der Waals surface area contributed by atoms with Crippen LogP contribution in [0.25, 0.3) is 10.8 Å². The molecule has 2 amide bonds. The van der Waals surface area contributed by atoms with E-state index in [1.165, 1.54) is 4.31 Å². The van der Waals surface area contributed by atoms with Crippen LogP contribution < -0.4 is 5.32 Å². The second-order valence-electron chi connectivity index (χ2n) is 11.5. The second-order valence-corrected chi connectivity index (χ2v) is 13.4. The van der Waals surface area contributed by atoms with Crippen molar-refractivity contribution in [2.45, 2.75) is 49.1 Å². The molecular formula is C34H34N4O4S. The third-order valence-corrected chi connectivity index (χ3v) is 10.6. The summed E-state index contributed by atoms with van der Waals surface area (Å²) < 4.78 is 29.7. The van der Waals surface area contributed by atoms with Gasteiger partial charge in [0, 0.05) is 26.1 Å². The minimum atomic E-state index is -4.05. The molecule has 0 saturated carbocycles. The standard InChI is InChI=1S/C34H34N4O4S/c35-22-25-13-11-24(12-14-25)19-31(34(40)37-17-5-6-18-37)36-33(39)32-21-28-9-3-4-10-29(28)23-38(32)43(41,42)30-16-15-26-7-1-2-8-27(26)20-30/h1-4,7-8,10-16,20,28,31-32H,5-6,9,17-19,21,23H2,(H,36,39). The third-order valence-electron chi connectivity index (χ3n) is 8.77. The van der Waals surface area contributed by atoms with Gasteiger partial charge < -0.3 is 10.2 Å². The van der Waals surface area contributed by atoms with Crippen molar-refractivity contribution in [3.8, 4) is 6.07 Å². The fourth-order valence-corrected chi connectivity index (χ4v) is 7.98. The molecule has 2 aliphatic heterocycles. The van der Waals surface area contributed by atoms with Crippen LogP contribution in [0.4, 0.5) is 0 Å². The predicted octanol–water partition coefficient (Wildman–Crippen LogP) is 4.33. The number of piperidine rings is 1. The van der Waals surface area contributed by atoms with Crippen molar-refractivity contribution >= 4 is 32.6 Å². The molecule has 3 atom stereocenters. The van der Waals surface area contributed by atoms with Crippen LogP contribution in [0.1, 0.15) is 36.8 Å². The first kappa shape index (κ1) is 28.8.